The van der Waals surface area contributed by atoms with E-state index in [1.54, 1.807) is 4.91 Å². The van der Waals surface area contributed by atoms with Crippen molar-refractivity contribution in [2.24, 2.45) is 0 Å². The van der Waals surface area contributed by atoms with E-state index in [0.29, 0.717) is 0 Å². The molecule has 2 aliphatic rings. The number of rotatable bonds is 0. The van der Waals surface area contributed by atoms with Crippen molar-refractivity contribution in [3.8, 4) is 0 Å². The Kier molecular flexibility index (Phi) is 2.00. The van der Waals surface area contributed by atoms with Gasteiger partial charge in [-0.05, 0) is 36.5 Å². The van der Waals surface area contributed by atoms with Gasteiger partial charge in [-0.25, -0.2) is 0 Å². The molecule has 0 radical (unpaired) electrons. The largest absolute Gasteiger partial charge is 0.309 e. The number of hydrogen-bond acceptors (Lipinski definition) is 2. The summed E-state index contributed by atoms with van der Waals surface area (Å²) in [5.74, 6) is 1.32. The molecular weight excluding hydrogens is 142 g/mol. The van der Waals surface area contributed by atoms with Crippen LogP contribution in [0.5, 0.6) is 0 Å². The summed E-state index contributed by atoms with van der Waals surface area (Å²) in [5.41, 5.74) is 0. The Hall–Kier alpha value is 0.0500. The minimum atomic E-state index is 0.729. The predicted octanol–water partition coefficient (Wildman–Crippen LogP) is 1.76. The van der Waals surface area contributed by atoms with Gasteiger partial charge in [0.25, 0.3) is 0 Å². The normalized spacial score (nSPS) is 32.8. The number of thioether (sulfide) groups is 1. The molecule has 1 saturated heterocycles. The van der Waals surface area contributed by atoms with Crippen LogP contribution >= 0.6 is 11.8 Å². The summed E-state index contributed by atoms with van der Waals surface area (Å²) in [7, 11) is 0. The van der Waals surface area contributed by atoms with E-state index >= 15 is 0 Å². The second-order valence-electron chi connectivity index (χ2n) is 2.89. The Morgan fingerprint density at radius 1 is 1.60 bits per heavy atom. The minimum absolute atomic E-state index is 0.729. The lowest BCUT2D eigenvalue weighted by Gasteiger charge is -2.08. The highest BCUT2D eigenvalue weighted by Crippen LogP contribution is 2.32. The van der Waals surface area contributed by atoms with Gasteiger partial charge in [0.05, 0.1) is 0 Å². The summed E-state index contributed by atoms with van der Waals surface area (Å²) >= 11 is 2.04. The first kappa shape index (κ1) is 6.74. The predicted molar refractivity (Wildman–Crippen MR) is 46.2 cm³/mol. The molecule has 1 atom stereocenters. The third-order valence-corrected chi connectivity index (χ3v) is 3.36. The standard InChI is InChI=1S/C8H13NS/c1-2-5-9-7-4-6-10-8(7)3-1/h3,7,9H,1-2,4-6H2. The third-order valence-electron chi connectivity index (χ3n) is 2.14. The average molecular weight is 155 g/mol. The molecule has 1 unspecified atom stereocenters. The minimum Gasteiger partial charge on any atom is -0.309 e. The zero-order valence-corrected chi connectivity index (χ0v) is 6.91. The molecule has 56 valence electrons. The van der Waals surface area contributed by atoms with E-state index < -0.39 is 0 Å². The van der Waals surface area contributed by atoms with Gasteiger partial charge in [-0.3, -0.25) is 0 Å². The second-order valence-corrected chi connectivity index (χ2v) is 4.06. The van der Waals surface area contributed by atoms with E-state index in [-0.39, 0.29) is 0 Å². The number of fused-ring (bicyclic) bond motifs is 1. The van der Waals surface area contributed by atoms with Crippen LogP contribution in [0.1, 0.15) is 19.3 Å². The molecule has 2 heteroatoms. The maximum atomic E-state index is 3.55. The molecule has 2 rings (SSSR count). The molecule has 0 aromatic carbocycles. The summed E-state index contributed by atoms with van der Waals surface area (Å²) < 4.78 is 0. The summed E-state index contributed by atoms with van der Waals surface area (Å²) in [5, 5.41) is 3.55. The Bertz CT molecular complexity index is 153. The van der Waals surface area contributed by atoms with Crippen molar-refractivity contribution < 1.29 is 0 Å². The van der Waals surface area contributed by atoms with E-state index in [0.717, 1.165) is 6.04 Å². The number of nitrogens with one attached hydrogen (secondary N) is 1. The van der Waals surface area contributed by atoms with Crippen molar-refractivity contribution in [2.75, 3.05) is 12.3 Å². The molecule has 10 heavy (non-hydrogen) atoms. The van der Waals surface area contributed by atoms with Gasteiger partial charge < -0.3 is 5.32 Å². The molecule has 0 aliphatic carbocycles. The lowest BCUT2D eigenvalue weighted by molar-refractivity contribution is 0.587. The molecule has 0 bridgehead atoms. The van der Waals surface area contributed by atoms with Crippen LogP contribution in [0.4, 0.5) is 0 Å². The fourth-order valence-corrected chi connectivity index (χ4v) is 2.79. The Balaban J connectivity index is 2.10. The van der Waals surface area contributed by atoms with Crippen LogP contribution in [0.3, 0.4) is 0 Å². The molecule has 0 aromatic heterocycles. The number of allylic oxidation sites excluding steroid dienone is 1. The fourth-order valence-electron chi connectivity index (χ4n) is 1.56. The van der Waals surface area contributed by atoms with Crippen molar-refractivity contribution >= 4 is 11.8 Å². The molecule has 1 nitrogen and oxygen atoms in total. The van der Waals surface area contributed by atoms with Crippen LogP contribution in [0.25, 0.3) is 0 Å². The van der Waals surface area contributed by atoms with Gasteiger partial charge in [0.2, 0.25) is 0 Å². The van der Waals surface area contributed by atoms with E-state index in [9.17, 15) is 0 Å². The SMILES string of the molecule is C1=C2SCCC2NCCC1. The topological polar surface area (TPSA) is 12.0 Å². The molecule has 2 heterocycles. The molecule has 0 spiro atoms. The third kappa shape index (κ3) is 1.23. The van der Waals surface area contributed by atoms with Crippen LogP contribution < -0.4 is 5.32 Å². The summed E-state index contributed by atoms with van der Waals surface area (Å²) in [6, 6.07) is 0.729. The van der Waals surface area contributed by atoms with E-state index in [1.165, 1.54) is 31.6 Å². The van der Waals surface area contributed by atoms with Gasteiger partial charge in [0.15, 0.2) is 0 Å². The van der Waals surface area contributed by atoms with Crippen molar-refractivity contribution in [3.63, 3.8) is 0 Å². The number of hydrogen-bond donors (Lipinski definition) is 1. The smallest absolute Gasteiger partial charge is 0.0384 e. The fraction of sp³-hybridized carbons (Fsp3) is 0.750. The van der Waals surface area contributed by atoms with E-state index in [1.807, 2.05) is 11.8 Å². The van der Waals surface area contributed by atoms with Crippen LogP contribution in [0, 0.1) is 0 Å². The van der Waals surface area contributed by atoms with E-state index in [4.69, 9.17) is 0 Å². The van der Waals surface area contributed by atoms with Crippen molar-refractivity contribution in [2.45, 2.75) is 25.3 Å². The maximum absolute atomic E-state index is 3.55. The van der Waals surface area contributed by atoms with Crippen molar-refractivity contribution in [1.82, 2.24) is 5.32 Å². The van der Waals surface area contributed by atoms with Crippen LogP contribution in [0.2, 0.25) is 0 Å². The highest BCUT2D eigenvalue weighted by Gasteiger charge is 2.21. The highest BCUT2D eigenvalue weighted by atomic mass is 32.2. The zero-order valence-electron chi connectivity index (χ0n) is 6.10. The lowest BCUT2D eigenvalue weighted by Crippen LogP contribution is -2.26. The average Bonchev–Trinajstić information content (AvgIpc) is 2.28. The molecule has 0 saturated carbocycles. The lowest BCUT2D eigenvalue weighted by atomic mass is 10.2. The molecule has 0 aromatic rings. The van der Waals surface area contributed by atoms with Gasteiger partial charge in [-0.1, -0.05) is 6.08 Å². The van der Waals surface area contributed by atoms with Gasteiger partial charge in [-0.15, -0.1) is 11.8 Å². The molecule has 1 N–H and O–H groups in total. The van der Waals surface area contributed by atoms with Gasteiger partial charge in [0, 0.05) is 6.04 Å². The summed E-state index contributed by atoms with van der Waals surface area (Å²) in [6.45, 7) is 1.21. The van der Waals surface area contributed by atoms with Crippen LogP contribution in [0.15, 0.2) is 11.0 Å². The van der Waals surface area contributed by atoms with Crippen molar-refractivity contribution in [3.05, 3.63) is 11.0 Å². The Morgan fingerprint density at radius 2 is 2.60 bits per heavy atom. The first-order valence-electron chi connectivity index (χ1n) is 4.03. The highest BCUT2D eigenvalue weighted by molar-refractivity contribution is 8.03. The summed E-state index contributed by atoms with van der Waals surface area (Å²) in [6.07, 6.45) is 6.37. The second kappa shape index (κ2) is 2.97. The Morgan fingerprint density at radius 3 is 3.60 bits per heavy atom. The first-order chi connectivity index (χ1) is 4.97. The monoisotopic (exact) mass is 155 g/mol. The van der Waals surface area contributed by atoms with Gasteiger partial charge in [0.1, 0.15) is 0 Å². The first-order valence-corrected chi connectivity index (χ1v) is 5.01. The quantitative estimate of drug-likeness (QED) is 0.572. The van der Waals surface area contributed by atoms with Crippen LogP contribution in [-0.4, -0.2) is 18.3 Å². The molecular formula is C8H13NS. The van der Waals surface area contributed by atoms with Crippen molar-refractivity contribution in [1.29, 1.82) is 0 Å². The zero-order chi connectivity index (χ0) is 6.81. The van der Waals surface area contributed by atoms with Gasteiger partial charge >= 0.3 is 0 Å². The van der Waals surface area contributed by atoms with Gasteiger partial charge in [-0.2, -0.15) is 0 Å². The Labute approximate surface area is 66.3 Å². The maximum Gasteiger partial charge on any atom is 0.0384 e. The molecule has 2 aliphatic heterocycles. The van der Waals surface area contributed by atoms with E-state index in [2.05, 4.69) is 11.4 Å². The molecule has 0 amide bonds. The summed E-state index contributed by atoms with van der Waals surface area (Å²) in [4.78, 5) is 1.61. The van der Waals surface area contributed by atoms with Crippen LogP contribution in [-0.2, 0) is 0 Å². The molecule has 1 fully saturated rings.